The van der Waals surface area contributed by atoms with E-state index in [1.54, 1.807) is 11.8 Å². The van der Waals surface area contributed by atoms with Gasteiger partial charge in [-0.15, -0.1) is 11.8 Å². The number of aliphatic hydroxyl groups is 1. The van der Waals surface area contributed by atoms with E-state index >= 15 is 0 Å². The third kappa shape index (κ3) is 2.73. The summed E-state index contributed by atoms with van der Waals surface area (Å²) >= 11 is 7.62. The average Bonchev–Trinajstić information content (AvgIpc) is 2.28. The topological polar surface area (TPSA) is 58.0 Å². The molecule has 1 aromatic heterocycles. The second kappa shape index (κ2) is 5.63. The van der Waals surface area contributed by atoms with Crippen LogP contribution in [0, 0.1) is 6.92 Å². The van der Waals surface area contributed by atoms with E-state index in [0.29, 0.717) is 0 Å². The van der Waals surface area contributed by atoms with E-state index in [0.717, 1.165) is 41.4 Å². The van der Waals surface area contributed by atoms with Crippen LogP contribution >= 0.6 is 23.4 Å². The predicted octanol–water partition coefficient (Wildman–Crippen LogP) is 2.88. The summed E-state index contributed by atoms with van der Waals surface area (Å²) in [6, 6.07) is 0. The standard InChI is InChI=1S/C12H18ClN3OS/c1-3-18-9-8(2)14-11(13)15-10(9)16-12(7-17)5-4-6-12/h17H,3-7H2,1-2H3,(H,14,15,16). The van der Waals surface area contributed by atoms with Gasteiger partial charge in [0.1, 0.15) is 5.82 Å². The van der Waals surface area contributed by atoms with Crippen molar-refractivity contribution in [2.75, 3.05) is 17.7 Å². The number of thioether (sulfide) groups is 1. The van der Waals surface area contributed by atoms with Crippen molar-refractivity contribution in [2.24, 2.45) is 0 Å². The maximum Gasteiger partial charge on any atom is 0.224 e. The van der Waals surface area contributed by atoms with Gasteiger partial charge in [-0.3, -0.25) is 0 Å². The van der Waals surface area contributed by atoms with Gasteiger partial charge in [0.2, 0.25) is 5.28 Å². The van der Waals surface area contributed by atoms with Crippen molar-refractivity contribution in [1.82, 2.24) is 9.97 Å². The van der Waals surface area contributed by atoms with Crippen LogP contribution in [0.25, 0.3) is 0 Å². The molecule has 100 valence electrons. The summed E-state index contributed by atoms with van der Waals surface area (Å²) in [5.41, 5.74) is 0.671. The Bertz CT molecular complexity index is 432. The molecule has 4 nitrogen and oxygen atoms in total. The molecule has 2 N–H and O–H groups in total. The quantitative estimate of drug-likeness (QED) is 0.644. The molecule has 1 saturated carbocycles. The Morgan fingerprint density at radius 3 is 2.67 bits per heavy atom. The average molecular weight is 288 g/mol. The summed E-state index contributed by atoms with van der Waals surface area (Å²) in [5.74, 6) is 1.71. The van der Waals surface area contributed by atoms with Crippen LogP contribution in [0.4, 0.5) is 5.82 Å². The zero-order valence-corrected chi connectivity index (χ0v) is 12.2. The Balaban J connectivity index is 2.30. The molecular weight excluding hydrogens is 270 g/mol. The maximum absolute atomic E-state index is 9.51. The van der Waals surface area contributed by atoms with Crippen molar-refractivity contribution >= 4 is 29.2 Å². The normalized spacial score (nSPS) is 17.3. The van der Waals surface area contributed by atoms with E-state index in [1.807, 2.05) is 6.92 Å². The number of nitrogens with zero attached hydrogens (tertiary/aromatic N) is 2. The highest BCUT2D eigenvalue weighted by atomic mass is 35.5. The number of aliphatic hydroxyl groups excluding tert-OH is 1. The molecule has 0 aliphatic heterocycles. The smallest absolute Gasteiger partial charge is 0.224 e. The Hall–Kier alpha value is -0.520. The molecule has 18 heavy (non-hydrogen) atoms. The minimum atomic E-state index is -0.215. The molecule has 0 unspecified atom stereocenters. The second-order valence-electron chi connectivity index (χ2n) is 4.61. The number of anilines is 1. The lowest BCUT2D eigenvalue weighted by atomic mass is 9.77. The molecule has 1 aliphatic carbocycles. The van der Waals surface area contributed by atoms with Gasteiger partial charge in [0, 0.05) is 0 Å². The predicted molar refractivity (Wildman–Crippen MR) is 75.5 cm³/mol. The van der Waals surface area contributed by atoms with E-state index in [1.165, 1.54) is 0 Å². The zero-order chi connectivity index (χ0) is 13.2. The van der Waals surface area contributed by atoms with Gasteiger partial charge in [0.05, 0.1) is 22.7 Å². The van der Waals surface area contributed by atoms with Crippen molar-refractivity contribution < 1.29 is 5.11 Å². The lowest BCUT2D eigenvalue weighted by Gasteiger charge is -2.41. The number of nitrogens with one attached hydrogen (secondary N) is 1. The Morgan fingerprint density at radius 1 is 1.44 bits per heavy atom. The first kappa shape index (κ1) is 13.9. The molecule has 0 radical (unpaired) electrons. The van der Waals surface area contributed by atoms with Crippen LogP contribution in [0.2, 0.25) is 5.28 Å². The monoisotopic (exact) mass is 287 g/mol. The first-order valence-electron chi connectivity index (χ1n) is 6.16. The third-order valence-corrected chi connectivity index (χ3v) is 4.53. The molecule has 0 amide bonds. The molecule has 1 aliphatic rings. The van der Waals surface area contributed by atoms with Crippen molar-refractivity contribution in [1.29, 1.82) is 0 Å². The van der Waals surface area contributed by atoms with Gasteiger partial charge in [-0.1, -0.05) is 6.92 Å². The fourth-order valence-electron chi connectivity index (χ4n) is 2.11. The van der Waals surface area contributed by atoms with Crippen LogP contribution in [0.1, 0.15) is 31.9 Å². The van der Waals surface area contributed by atoms with E-state index in [4.69, 9.17) is 11.6 Å². The van der Waals surface area contributed by atoms with E-state index in [-0.39, 0.29) is 17.4 Å². The number of hydrogen-bond donors (Lipinski definition) is 2. The highest BCUT2D eigenvalue weighted by Crippen LogP contribution is 2.38. The van der Waals surface area contributed by atoms with Crippen molar-refractivity contribution in [2.45, 2.75) is 43.5 Å². The molecule has 0 spiro atoms. The molecule has 1 fully saturated rings. The van der Waals surface area contributed by atoms with Crippen LogP contribution in [-0.4, -0.2) is 33.0 Å². The van der Waals surface area contributed by atoms with Gasteiger partial charge >= 0.3 is 0 Å². The molecule has 2 rings (SSSR count). The van der Waals surface area contributed by atoms with E-state index in [9.17, 15) is 5.11 Å². The third-order valence-electron chi connectivity index (χ3n) is 3.29. The fraction of sp³-hybridized carbons (Fsp3) is 0.667. The summed E-state index contributed by atoms with van der Waals surface area (Å²) in [7, 11) is 0. The minimum Gasteiger partial charge on any atom is -0.394 e. The van der Waals surface area contributed by atoms with Crippen LogP contribution < -0.4 is 5.32 Å². The molecular formula is C12H18ClN3OS. The van der Waals surface area contributed by atoms with Crippen LogP contribution in [-0.2, 0) is 0 Å². The van der Waals surface area contributed by atoms with Gasteiger partial charge in [0.15, 0.2) is 0 Å². The SMILES string of the molecule is CCSc1c(C)nc(Cl)nc1NC1(CO)CCC1. The second-order valence-corrected chi connectivity index (χ2v) is 6.22. The summed E-state index contributed by atoms with van der Waals surface area (Å²) in [4.78, 5) is 9.49. The largest absolute Gasteiger partial charge is 0.394 e. The molecule has 1 aromatic rings. The van der Waals surface area contributed by atoms with E-state index < -0.39 is 0 Å². The molecule has 6 heteroatoms. The lowest BCUT2D eigenvalue weighted by Crippen LogP contribution is -2.48. The minimum absolute atomic E-state index is 0.129. The highest BCUT2D eigenvalue weighted by molar-refractivity contribution is 7.99. The van der Waals surface area contributed by atoms with E-state index in [2.05, 4.69) is 22.2 Å². The van der Waals surface area contributed by atoms with Gasteiger partial charge in [-0.05, 0) is 43.5 Å². The molecule has 0 atom stereocenters. The van der Waals surface area contributed by atoms with Gasteiger partial charge in [-0.25, -0.2) is 4.98 Å². The van der Waals surface area contributed by atoms with Gasteiger partial charge in [-0.2, -0.15) is 4.98 Å². The number of rotatable bonds is 5. The first-order chi connectivity index (χ1) is 8.60. The Kier molecular flexibility index (Phi) is 4.35. The summed E-state index contributed by atoms with van der Waals surface area (Å²) in [5, 5.41) is 13.1. The fourth-order valence-corrected chi connectivity index (χ4v) is 3.10. The summed E-state index contributed by atoms with van der Waals surface area (Å²) in [6.45, 7) is 4.15. The number of hydrogen-bond acceptors (Lipinski definition) is 5. The number of halogens is 1. The molecule has 0 aromatic carbocycles. The summed E-state index contributed by atoms with van der Waals surface area (Å²) < 4.78 is 0. The number of aromatic nitrogens is 2. The van der Waals surface area contributed by atoms with Crippen molar-refractivity contribution in [3.63, 3.8) is 0 Å². The van der Waals surface area contributed by atoms with Gasteiger partial charge < -0.3 is 10.4 Å². The van der Waals surface area contributed by atoms with Crippen LogP contribution in [0.15, 0.2) is 4.90 Å². The van der Waals surface area contributed by atoms with Crippen molar-refractivity contribution in [3.8, 4) is 0 Å². The molecule has 0 saturated heterocycles. The van der Waals surface area contributed by atoms with Crippen LogP contribution in [0.5, 0.6) is 0 Å². The highest BCUT2D eigenvalue weighted by Gasteiger charge is 2.37. The lowest BCUT2D eigenvalue weighted by molar-refractivity contribution is 0.143. The number of aryl methyl sites for hydroxylation is 1. The van der Waals surface area contributed by atoms with Crippen LogP contribution in [0.3, 0.4) is 0 Å². The van der Waals surface area contributed by atoms with Crippen molar-refractivity contribution in [3.05, 3.63) is 11.0 Å². The first-order valence-corrected chi connectivity index (χ1v) is 7.52. The summed E-state index contributed by atoms with van der Waals surface area (Å²) in [6.07, 6.45) is 3.09. The van der Waals surface area contributed by atoms with Gasteiger partial charge in [0.25, 0.3) is 0 Å². The Morgan fingerprint density at radius 2 is 2.17 bits per heavy atom. The maximum atomic E-state index is 9.51. The Labute approximate surface area is 117 Å². The zero-order valence-electron chi connectivity index (χ0n) is 10.7. The molecule has 1 heterocycles. The molecule has 0 bridgehead atoms.